The number of rotatable bonds is 3. The zero-order valence-corrected chi connectivity index (χ0v) is 11.9. The van der Waals surface area contributed by atoms with Crippen LogP contribution in [0.15, 0.2) is 48.7 Å². The third-order valence-corrected chi connectivity index (χ3v) is 4.08. The van der Waals surface area contributed by atoms with Crippen molar-refractivity contribution < 1.29 is 0 Å². The van der Waals surface area contributed by atoms with Crippen LogP contribution in [0.5, 0.6) is 0 Å². The van der Waals surface area contributed by atoms with E-state index < -0.39 is 0 Å². The molecular weight excluding hydrogens is 284 g/mol. The molecule has 4 nitrogen and oxygen atoms in total. The van der Waals surface area contributed by atoms with Gasteiger partial charge >= 0.3 is 0 Å². The van der Waals surface area contributed by atoms with Crippen LogP contribution in [-0.2, 0) is 6.54 Å². The van der Waals surface area contributed by atoms with Gasteiger partial charge in [-0.05, 0) is 12.1 Å². The molecule has 4 rings (SSSR count). The van der Waals surface area contributed by atoms with Gasteiger partial charge in [-0.15, -0.1) is 0 Å². The smallest absolute Gasteiger partial charge is 0.0881 e. The second-order valence-electron chi connectivity index (χ2n) is 4.96. The molecule has 0 unspecified atom stereocenters. The summed E-state index contributed by atoms with van der Waals surface area (Å²) in [6.45, 7) is 0.631. The predicted octanol–water partition coefficient (Wildman–Crippen LogP) is 4.31. The Labute approximate surface area is 126 Å². The van der Waals surface area contributed by atoms with Crippen molar-refractivity contribution in [1.82, 2.24) is 15.2 Å². The van der Waals surface area contributed by atoms with Gasteiger partial charge in [0.25, 0.3) is 0 Å². The Morgan fingerprint density at radius 2 is 2.00 bits per heavy atom. The van der Waals surface area contributed by atoms with E-state index in [9.17, 15) is 0 Å². The molecule has 0 spiro atoms. The fourth-order valence-corrected chi connectivity index (χ4v) is 2.86. The molecule has 104 valence electrons. The van der Waals surface area contributed by atoms with Gasteiger partial charge in [0.2, 0.25) is 0 Å². The van der Waals surface area contributed by atoms with Gasteiger partial charge in [0, 0.05) is 16.3 Å². The molecule has 0 fully saturated rings. The summed E-state index contributed by atoms with van der Waals surface area (Å²) < 4.78 is 0. The first-order valence-electron chi connectivity index (χ1n) is 6.74. The van der Waals surface area contributed by atoms with Gasteiger partial charge in [-0.1, -0.05) is 41.9 Å². The number of anilines is 1. The maximum Gasteiger partial charge on any atom is 0.0881 e. The van der Waals surface area contributed by atoms with Gasteiger partial charge in [-0.3, -0.25) is 5.10 Å². The van der Waals surface area contributed by atoms with Crippen LogP contribution in [-0.4, -0.2) is 15.2 Å². The molecule has 0 saturated carbocycles. The summed E-state index contributed by atoms with van der Waals surface area (Å²) in [5, 5.41) is 13.4. The number of benzene rings is 2. The summed E-state index contributed by atoms with van der Waals surface area (Å²) in [6, 6.07) is 14.1. The predicted molar refractivity (Wildman–Crippen MR) is 86.7 cm³/mol. The molecule has 0 saturated heterocycles. The Morgan fingerprint density at radius 1 is 1.10 bits per heavy atom. The van der Waals surface area contributed by atoms with Crippen molar-refractivity contribution in [3.8, 4) is 0 Å². The van der Waals surface area contributed by atoms with Crippen LogP contribution in [0.25, 0.3) is 21.8 Å². The minimum atomic E-state index is 0.631. The van der Waals surface area contributed by atoms with Crippen molar-refractivity contribution in [2.45, 2.75) is 6.54 Å². The van der Waals surface area contributed by atoms with Crippen molar-refractivity contribution in [3.05, 3.63) is 59.4 Å². The van der Waals surface area contributed by atoms with Crippen LogP contribution in [0, 0.1) is 0 Å². The van der Waals surface area contributed by atoms with Crippen molar-refractivity contribution in [2.24, 2.45) is 0 Å². The number of halogens is 1. The number of para-hydroxylation sites is 2. The van der Waals surface area contributed by atoms with Crippen LogP contribution in [0.3, 0.4) is 0 Å². The highest BCUT2D eigenvalue weighted by atomic mass is 35.5. The minimum Gasteiger partial charge on any atom is -0.378 e. The Kier molecular flexibility index (Phi) is 2.82. The highest BCUT2D eigenvalue weighted by Gasteiger charge is 2.09. The number of hydrogen-bond donors (Lipinski definition) is 3. The first kappa shape index (κ1) is 12.3. The van der Waals surface area contributed by atoms with E-state index in [1.54, 1.807) is 0 Å². The molecular formula is C16H13ClN4. The van der Waals surface area contributed by atoms with Gasteiger partial charge in [0.15, 0.2) is 0 Å². The van der Waals surface area contributed by atoms with E-state index >= 15 is 0 Å². The van der Waals surface area contributed by atoms with Gasteiger partial charge in [0.1, 0.15) is 0 Å². The number of nitrogens with one attached hydrogen (secondary N) is 3. The molecule has 21 heavy (non-hydrogen) atoms. The van der Waals surface area contributed by atoms with Gasteiger partial charge in [-0.2, -0.15) is 5.10 Å². The van der Waals surface area contributed by atoms with Crippen molar-refractivity contribution in [1.29, 1.82) is 0 Å². The van der Waals surface area contributed by atoms with Gasteiger partial charge < -0.3 is 10.3 Å². The Morgan fingerprint density at radius 3 is 2.90 bits per heavy atom. The van der Waals surface area contributed by atoms with E-state index in [2.05, 4.69) is 20.5 Å². The van der Waals surface area contributed by atoms with Crippen molar-refractivity contribution in [3.63, 3.8) is 0 Å². The molecule has 4 aromatic rings. The lowest BCUT2D eigenvalue weighted by molar-refractivity contribution is 1.08. The first-order valence-corrected chi connectivity index (χ1v) is 7.12. The highest BCUT2D eigenvalue weighted by Crippen LogP contribution is 2.28. The minimum absolute atomic E-state index is 0.631. The fourth-order valence-electron chi connectivity index (χ4n) is 2.59. The third-order valence-electron chi connectivity index (χ3n) is 3.65. The summed E-state index contributed by atoms with van der Waals surface area (Å²) in [6.07, 6.45) is 1.82. The molecule has 0 atom stereocenters. The van der Waals surface area contributed by atoms with E-state index in [1.807, 2.05) is 48.7 Å². The number of aromatic nitrogens is 3. The Hall–Kier alpha value is -2.46. The highest BCUT2D eigenvalue weighted by molar-refractivity contribution is 6.36. The summed E-state index contributed by atoms with van der Waals surface area (Å²) in [5.41, 5.74) is 4.05. The number of hydrogen-bond acceptors (Lipinski definition) is 2. The molecule has 0 aliphatic heterocycles. The van der Waals surface area contributed by atoms with Gasteiger partial charge in [-0.25, -0.2) is 0 Å². The second kappa shape index (κ2) is 4.82. The molecule has 2 aromatic carbocycles. The Bertz CT molecular complexity index is 922. The van der Waals surface area contributed by atoms with Crippen LogP contribution in [0.4, 0.5) is 5.69 Å². The average molecular weight is 297 g/mol. The molecule has 2 aromatic heterocycles. The lowest BCUT2D eigenvalue weighted by Gasteiger charge is -2.06. The van der Waals surface area contributed by atoms with Crippen LogP contribution in [0.1, 0.15) is 5.69 Å². The molecule has 5 heteroatoms. The van der Waals surface area contributed by atoms with Crippen LogP contribution < -0.4 is 5.32 Å². The zero-order valence-electron chi connectivity index (χ0n) is 11.2. The third kappa shape index (κ3) is 2.04. The standard InChI is InChI=1S/C16H13ClN4/c17-15-11-5-1-2-6-12(11)20-14(15)9-18-13-7-3-4-10-8-19-21-16(10)13/h1-8,18,20H,9H2,(H,19,21). The lowest BCUT2D eigenvalue weighted by atomic mass is 10.2. The largest absolute Gasteiger partial charge is 0.378 e. The summed E-state index contributed by atoms with van der Waals surface area (Å²) >= 11 is 6.43. The number of aromatic amines is 2. The van der Waals surface area contributed by atoms with Gasteiger partial charge in [0.05, 0.1) is 34.7 Å². The van der Waals surface area contributed by atoms with Crippen LogP contribution in [0.2, 0.25) is 5.02 Å². The molecule has 2 heterocycles. The number of nitrogens with zero attached hydrogens (tertiary/aromatic N) is 1. The molecule has 0 aliphatic carbocycles. The normalized spacial score (nSPS) is 11.3. The lowest BCUT2D eigenvalue weighted by Crippen LogP contribution is -2.00. The van der Waals surface area contributed by atoms with E-state index in [0.29, 0.717) is 6.54 Å². The monoisotopic (exact) mass is 296 g/mol. The quantitative estimate of drug-likeness (QED) is 0.527. The maximum absolute atomic E-state index is 6.43. The summed E-state index contributed by atoms with van der Waals surface area (Å²) in [5.74, 6) is 0. The SMILES string of the molecule is Clc1c(CNc2cccc3cn[nH]c23)[nH]c2ccccc12. The number of H-pyrrole nitrogens is 2. The maximum atomic E-state index is 6.43. The topological polar surface area (TPSA) is 56.5 Å². The van der Waals surface area contributed by atoms with Crippen LogP contribution >= 0.6 is 11.6 Å². The molecule has 0 radical (unpaired) electrons. The van der Waals surface area contributed by atoms with E-state index in [0.717, 1.165) is 38.2 Å². The van der Waals surface area contributed by atoms with E-state index in [4.69, 9.17) is 11.6 Å². The molecule has 0 bridgehead atoms. The second-order valence-corrected chi connectivity index (χ2v) is 5.33. The summed E-state index contributed by atoms with van der Waals surface area (Å²) in [7, 11) is 0. The fraction of sp³-hybridized carbons (Fsp3) is 0.0625. The average Bonchev–Trinajstić information content (AvgIpc) is 3.11. The molecule has 0 amide bonds. The van der Waals surface area contributed by atoms with E-state index in [1.165, 1.54) is 0 Å². The van der Waals surface area contributed by atoms with Crippen molar-refractivity contribution >= 4 is 39.1 Å². The molecule has 0 aliphatic rings. The Balaban J connectivity index is 1.66. The summed E-state index contributed by atoms with van der Waals surface area (Å²) in [4.78, 5) is 3.36. The number of fused-ring (bicyclic) bond motifs is 2. The van der Waals surface area contributed by atoms with Crippen molar-refractivity contribution in [2.75, 3.05) is 5.32 Å². The van der Waals surface area contributed by atoms with E-state index in [-0.39, 0.29) is 0 Å². The zero-order chi connectivity index (χ0) is 14.2. The molecule has 3 N–H and O–H groups in total. The first-order chi connectivity index (χ1) is 10.3.